The Balaban J connectivity index is 0.00000225. The van der Waals surface area contributed by atoms with E-state index >= 15 is 0 Å². The van der Waals surface area contributed by atoms with Crippen LogP contribution in [0.1, 0.15) is 16.2 Å². The smallest absolute Gasteiger partial charge is 0.229 e. The number of halogens is 1. The number of carbonyl (C=O) groups excluding carboxylic acids is 1. The number of hydrogen-bond acceptors (Lipinski definition) is 3. The zero-order chi connectivity index (χ0) is 16.9. The van der Waals surface area contributed by atoms with Crippen molar-refractivity contribution in [2.24, 2.45) is 4.99 Å². The van der Waals surface area contributed by atoms with Crippen molar-refractivity contribution in [3.05, 3.63) is 52.2 Å². The van der Waals surface area contributed by atoms with Crippen LogP contribution in [0.3, 0.4) is 0 Å². The highest BCUT2D eigenvalue weighted by molar-refractivity contribution is 14.0. The summed E-state index contributed by atoms with van der Waals surface area (Å²) in [7, 11) is 1.75. The van der Waals surface area contributed by atoms with Gasteiger partial charge in [0.25, 0.3) is 0 Å². The van der Waals surface area contributed by atoms with Crippen LogP contribution in [0, 0.1) is 6.92 Å². The molecule has 0 radical (unpaired) electrons. The van der Waals surface area contributed by atoms with E-state index in [4.69, 9.17) is 0 Å². The largest absolute Gasteiger partial charge is 0.352 e. The summed E-state index contributed by atoms with van der Waals surface area (Å²) in [5.74, 6) is 0.872. The van der Waals surface area contributed by atoms with E-state index in [1.807, 2.05) is 35.2 Å². The number of hydrogen-bond donors (Lipinski definition) is 2. The van der Waals surface area contributed by atoms with Gasteiger partial charge in [-0.2, -0.15) is 0 Å². The zero-order valence-corrected chi connectivity index (χ0v) is 17.5. The molecular weight excluding hydrogens is 447 g/mol. The molecule has 5 nitrogen and oxygen atoms in total. The highest BCUT2D eigenvalue weighted by Crippen LogP contribution is 2.21. The van der Waals surface area contributed by atoms with Crippen molar-refractivity contribution >= 4 is 52.9 Å². The van der Waals surface area contributed by atoms with Crippen molar-refractivity contribution in [2.75, 3.05) is 18.5 Å². The number of aliphatic imine (C=N–C) groups is 1. The fourth-order valence-electron chi connectivity index (χ4n) is 2.80. The second-order valence-corrected chi connectivity index (χ2v) is 7.20. The maximum absolute atomic E-state index is 12.3. The molecule has 1 fully saturated rings. The van der Waals surface area contributed by atoms with Gasteiger partial charge in [0.1, 0.15) is 0 Å². The Labute approximate surface area is 169 Å². The topological polar surface area (TPSA) is 56.7 Å². The Morgan fingerprint density at radius 1 is 1.28 bits per heavy atom. The molecule has 2 heterocycles. The third-order valence-electron chi connectivity index (χ3n) is 3.98. The van der Waals surface area contributed by atoms with Crippen molar-refractivity contribution < 1.29 is 4.79 Å². The summed E-state index contributed by atoms with van der Waals surface area (Å²) in [4.78, 5) is 20.9. The van der Waals surface area contributed by atoms with E-state index in [1.165, 1.54) is 9.75 Å². The molecule has 1 aromatic heterocycles. The zero-order valence-electron chi connectivity index (χ0n) is 14.4. The number of rotatable bonds is 4. The number of para-hydroxylation sites is 1. The maximum atomic E-state index is 12.3. The van der Waals surface area contributed by atoms with E-state index in [1.54, 1.807) is 18.4 Å². The summed E-state index contributed by atoms with van der Waals surface area (Å²) in [6.07, 6.45) is 0.480. The minimum Gasteiger partial charge on any atom is -0.352 e. The predicted octanol–water partition coefficient (Wildman–Crippen LogP) is 3.15. The van der Waals surface area contributed by atoms with Crippen LogP contribution in [0.2, 0.25) is 0 Å². The first-order chi connectivity index (χ1) is 11.7. The third-order valence-corrected chi connectivity index (χ3v) is 4.98. The van der Waals surface area contributed by atoms with Crippen LogP contribution in [0.15, 0.2) is 47.5 Å². The van der Waals surface area contributed by atoms with E-state index in [0.717, 1.165) is 18.2 Å². The highest BCUT2D eigenvalue weighted by atomic mass is 127. The van der Waals surface area contributed by atoms with Gasteiger partial charge >= 0.3 is 0 Å². The number of benzene rings is 1. The molecule has 1 saturated heterocycles. The number of guanidine groups is 1. The summed E-state index contributed by atoms with van der Waals surface area (Å²) in [6.45, 7) is 3.49. The molecule has 1 amide bonds. The predicted molar refractivity (Wildman–Crippen MR) is 115 cm³/mol. The molecule has 1 aromatic carbocycles. The van der Waals surface area contributed by atoms with Gasteiger partial charge in [0, 0.05) is 35.5 Å². The summed E-state index contributed by atoms with van der Waals surface area (Å²) in [6, 6.07) is 14.1. The molecule has 134 valence electrons. The standard InChI is InChI=1S/C18H22N4OS.HI/c1-13-8-9-16(24-13)11-20-18(19-2)21-14-10-17(23)22(12-14)15-6-4-3-5-7-15;/h3-9,14H,10-12H2,1-2H3,(H2,19,20,21);1H. The van der Waals surface area contributed by atoms with Crippen molar-refractivity contribution in [2.45, 2.75) is 25.9 Å². The SMILES string of the molecule is CN=C(NCc1ccc(C)s1)NC1CC(=O)N(c2ccccc2)C1.I. The maximum Gasteiger partial charge on any atom is 0.229 e. The molecule has 2 aromatic rings. The van der Waals surface area contributed by atoms with Crippen molar-refractivity contribution in [3.63, 3.8) is 0 Å². The molecule has 7 heteroatoms. The monoisotopic (exact) mass is 470 g/mol. The minimum atomic E-state index is 0. The van der Waals surface area contributed by atoms with E-state index in [9.17, 15) is 4.79 Å². The van der Waals surface area contributed by atoms with Gasteiger partial charge in [-0.25, -0.2) is 0 Å². The number of amides is 1. The number of thiophene rings is 1. The Morgan fingerprint density at radius 3 is 2.68 bits per heavy atom. The van der Waals surface area contributed by atoms with Crippen molar-refractivity contribution in [1.82, 2.24) is 10.6 Å². The lowest BCUT2D eigenvalue weighted by Gasteiger charge is -2.18. The van der Waals surface area contributed by atoms with Crippen LogP contribution in [-0.4, -0.2) is 31.5 Å². The first kappa shape index (κ1) is 19.7. The van der Waals surface area contributed by atoms with Crippen molar-refractivity contribution in [1.29, 1.82) is 0 Å². The van der Waals surface area contributed by atoms with Gasteiger partial charge in [-0.1, -0.05) is 18.2 Å². The molecule has 0 aliphatic carbocycles. The lowest BCUT2D eigenvalue weighted by atomic mass is 10.2. The summed E-state index contributed by atoms with van der Waals surface area (Å²) in [5, 5.41) is 6.67. The van der Waals surface area contributed by atoms with Crippen LogP contribution >= 0.6 is 35.3 Å². The molecule has 0 bridgehead atoms. The Morgan fingerprint density at radius 2 is 2.04 bits per heavy atom. The van der Waals surface area contributed by atoms with E-state index in [0.29, 0.717) is 13.0 Å². The van der Waals surface area contributed by atoms with Gasteiger partial charge in [0.2, 0.25) is 5.91 Å². The fourth-order valence-corrected chi connectivity index (χ4v) is 3.63. The van der Waals surface area contributed by atoms with Gasteiger partial charge in [0.05, 0.1) is 12.6 Å². The average molecular weight is 470 g/mol. The van der Waals surface area contributed by atoms with Crippen LogP contribution in [0.5, 0.6) is 0 Å². The molecule has 1 aliphatic rings. The first-order valence-electron chi connectivity index (χ1n) is 8.03. The normalized spacial score (nSPS) is 17.4. The quantitative estimate of drug-likeness (QED) is 0.410. The van der Waals surface area contributed by atoms with E-state index in [-0.39, 0.29) is 35.9 Å². The Bertz CT molecular complexity index is 732. The molecular formula is C18H23IN4OS. The van der Waals surface area contributed by atoms with Gasteiger partial charge in [0.15, 0.2) is 5.96 Å². The van der Waals surface area contributed by atoms with E-state index < -0.39 is 0 Å². The summed E-state index contributed by atoms with van der Waals surface area (Å²) >= 11 is 1.77. The average Bonchev–Trinajstić information content (AvgIpc) is 3.17. The number of anilines is 1. The molecule has 2 N–H and O–H groups in total. The van der Waals surface area contributed by atoms with E-state index in [2.05, 4.69) is 34.7 Å². The number of nitrogens with zero attached hydrogens (tertiary/aromatic N) is 2. The molecule has 1 atom stereocenters. The second-order valence-electron chi connectivity index (χ2n) is 5.82. The van der Waals surface area contributed by atoms with Gasteiger partial charge in [-0.3, -0.25) is 9.79 Å². The number of aryl methyl sites for hydroxylation is 1. The lowest BCUT2D eigenvalue weighted by Crippen LogP contribution is -2.44. The van der Waals surface area contributed by atoms with Gasteiger partial charge < -0.3 is 15.5 Å². The number of nitrogens with one attached hydrogen (secondary N) is 2. The van der Waals surface area contributed by atoms with Crippen molar-refractivity contribution in [3.8, 4) is 0 Å². The summed E-state index contributed by atoms with van der Waals surface area (Å²) in [5.41, 5.74) is 0.948. The second kappa shape index (κ2) is 9.19. The first-order valence-corrected chi connectivity index (χ1v) is 8.85. The third kappa shape index (κ3) is 5.18. The summed E-state index contributed by atoms with van der Waals surface area (Å²) < 4.78 is 0. The van der Waals surface area contributed by atoms with Gasteiger partial charge in [-0.15, -0.1) is 35.3 Å². The van der Waals surface area contributed by atoms with Crippen LogP contribution < -0.4 is 15.5 Å². The van der Waals surface area contributed by atoms with Gasteiger partial charge in [-0.05, 0) is 31.2 Å². The molecule has 0 saturated carbocycles. The minimum absolute atomic E-state index is 0. The molecule has 25 heavy (non-hydrogen) atoms. The molecule has 0 spiro atoms. The Kier molecular flexibility index (Phi) is 7.24. The fraction of sp³-hybridized carbons (Fsp3) is 0.333. The Hall–Kier alpha value is -1.61. The van der Waals surface area contributed by atoms with Crippen LogP contribution in [0.25, 0.3) is 0 Å². The molecule has 1 aliphatic heterocycles. The number of carbonyl (C=O) groups is 1. The molecule has 1 unspecified atom stereocenters. The highest BCUT2D eigenvalue weighted by Gasteiger charge is 2.30. The van der Waals surface area contributed by atoms with Crippen LogP contribution in [0.4, 0.5) is 5.69 Å². The van der Waals surface area contributed by atoms with Crippen LogP contribution in [-0.2, 0) is 11.3 Å². The lowest BCUT2D eigenvalue weighted by molar-refractivity contribution is -0.117. The molecule has 3 rings (SSSR count).